The average Bonchev–Trinajstić information content (AvgIpc) is 2.98. The molecule has 2 fully saturated rings. The number of rotatable bonds is 3. The highest BCUT2D eigenvalue weighted by Crippen LogP contribution is 2.47. The Hall–Kier alpha value is -1.69. The number of amides is 1. The van der Waals surface area contributed by atoms with E-state index in [1.165, 1.54) is 0 Å². The summed E-state index contributed by atoms with van der Waals surface area (Å²) < 4.78 is 5.79. The van der Waals surface area contributed by atoms with Crippen molar-refractivity contribution in [2.24, 2.45) is 5.41 Å². The molecule has 20 heavy (non-hydrogen) atoms. The predicted molar refractivity (Wildman–Crippen MR) is 73.6 cm³/mol. The summed E-state index contributed by atoms with van der Waals surface area (Å²) in [6, 6.07) is 0. The van der Waals surface area contributed by atoms with Gasteiger partial charge in [0.25, 0.3) is 0 Å². The molecule has 3 rings (SSSR count). The average molecular weight is 276 g/mol. The number of hydrogen-bond donors (Lipinski definition) is 2. The fourth-order valence-corrected chi connectivity index (χ4v) is 3.19. The number of carbonyl (C=O) groups is 1. The lowest BCUT2D eigenvalue weighted by molar-refractivity contribution is -0.133. The summed E-state index contributed by atoms with van der Waals surface area (Å²) in [5, 5.41) is 2.95. The quantitative estimate of drug-likeness (QED) is 0.857. The third-order valence-corrected chi connectivity index (χ3v) is 4.45. The van der Waals surface area contributed by atoms with Crippen LogP contribution in [0.4, 0.5) is 5.82 Å². The molecule has 0 radical (unpaired) electrons. The minimum Gasteiger partial charge on any atom is -0.383 e. The topological polar surface area (TPSA) is 90.1 Å². The minimum atomic E-state index is -0.413. The largest absolute Gasteiger partial charge is 0.383 e. The number of nitrogens with zero attached hydrogens (tertiary/aromatic N) is 2. The van der Waals surface area contributed by atoms with Crippen LogP contribution in [0.2, 0.25) is 0 Å². The van der Waals surface area contributed by atoms with Gasteiger partial charge in [-0.15, -0.1) is 0 Å². The number of nitrogen functional groups attached to an aromatic ring is 1. The summed E-state index contributed by atoms with van der Waals surface area (Å²) in [6.07, 6.45) is 4.83. The van der Waals surface area contributed by atoms with Crippen molar-refractivity contribution in [2.45, 2.75) is 51.9 Å². The van der Waals surface area contributed by atoms with Crippen LogP contribution in [0.3, 0.4) is 0 Å². The van der Waals surface area contributed by atoms with Crippen molar-refractivity contribution < 1.29 is 9.53 Å². The van der Waals surface area contributed by atoms with E-state index in [2.05, 4.69) is 15.3 Å². The Balaban J connectivity index is 1.65. The summed E-state index contributed by atoms with van der Waals surface area (Å²) >= 11 is 0. The molecule has 3 unspecified atom stereocenters. The van der Waals surface area contributed by atoms with Crippen LogP contribution < -0.4 is 11.1 Å². The summed E-state index contributed by atoms with van der Waals surface area (Å²) in [5.41, 5.74) is 6.16. The van der Waals surface area contributed by atoms with Gasteiger partial charge in [0.2, 0.25) is 5.91 Å². The highest BCUT2D eigenvalue weighted by Gasteiger charge is 2.53. The number of anilines is 1. The number of ether oxygens (including phenoxy) is 1. The summed E-state index contributed by atoms with van der Waals surface area (Å²) in [7, 11) is 0. The van der Waals surface area contributed by atoms with E-state index < -0.39 is 5.41 Å². The molecule has 0 aromatic carbocycles. The molecule has 3 N–H and O–H groups in total. The summed E-state index contributed by atoms with van der Waals surface area (Å²) in [6.45, 7) is 4.13. The smallest absolute Gasteiger partial charge is 0.228 e. The second-order valence-electron chi connectivity index (χ2n) is 5.96. The molecular formula is C14H20N4O2. The SMILES string of the molecule is Cc1ncc(CNC(=O)C2(C)CC3CCC2O3)c(N)n1. The molecule has 3 atom stereocenters. The number of fused-ring (bicyclic) bond motifs is 2. The minimum absolute atomic E-state index is 0.0321. The van der Waals surface area contributed by atoms with E-state index in [1.807, 2.05) is 6.92 Å². The van der Waals surface area contributed by atoms with Crippen molar-refractivity contribution in [1.29, 1.82) is 0 Å². The molecule has 2 saturated heterocycles. The van der Waals surface area contributed by atoms with Crippen LogP contribution in [0.25, 0.3) is 0 Å². The summed E-state index contributed by atoms with van der Waals surface area (Å²) in [5.74, 6) is 1.09. The van der Waals surface area contributed by atoms with E-state index in [1.54, 1.807) is 13.1 Å². The molecule has 6 nitrogen and oxygen atoms in total. The van der Waals surface area contributed by atoms with Gasteiger partial charge in [-0.1, -0.05) is 0 Å². The van der Waals surface area contributed by atoms with Crippen molar-refractivity contribution >= 4 is 11.7 Å². The van der Waals surface area contributed by atoms with Gasteiger partial charge in [-0.05, 0) is 33.1 Å². The molecule has 2 bridgehead atoms. The van der Waals surface area contributed by atoms with E-state index in [-0.39, 0.29) is 18.1 Å². The third-order valence-electron chi connectivity index (χ3n) is 4.45. The zero-order valence-corrected chi connectivity index (χ0v) is 11.8. The number of hydrogen-bond acceptors (Lipinski definition) is 5. The third kappa shape index (κ3) is 2.14. The molecule has 0 spiro atoms. The lowest BCUT2D eigenvalue weighted by atomic mass is 9.75. The lowest BCUT2D eigenvalue weighted by Gasteiger charge is -2.29. The number of carbonyl (C=O) groups excluding carboxylic acids is 1. The number of aryl methyl sites for hydroxylation is 1. The van der Waals surface area contributed by atoms with Gasteiger partial charge < -0.3 is 15.8 Å². The van der Waals surface area contributed by atoms with E-state index >= 15 is 0 Å². The van der Waals surface area contributed by atoms with Gasteiger partial charge in [-0.2, -0.15) is 0 Å². The van der Waals surface area contributed by atoms with E-state index in [4.69, 9.17) is 10.5 Å². The van der Waals surface area contributed by atoms with E-state index in [0.29, 0.717) is 18.2 Å². The Bertz CT molecular complexity index is 548. The molecule has 3 heterocycles. The lowest BCUT2D eigenvalue weighted by Crippen LogP contribution is -2.44. The van der Waals surface area contributed by atoms with Crippen LogP contribution in [-0.4, -0.2) is 28.1 Å². The molecule has 1 amide bonds. The molecule has 0 aliphatic carbocycles. The fraction of sp³-hybridized carbons (Fsp3) is 0.643. The maximum atomic E-state index is 12.4. The van der Waals surface area contributed by atoms with Gasteiger partial charge in [0, 0.05) is 18.3 Å². The van der Waals surface area contributed by atoms with E-state index in [9.17, 15) is 4.79 Å². The molecule has 2 aliphatic heterocycles. The van der Waals surface area contributed by atoms with Gasteiger partial charge >= 0.3 is 0 Å². The number of aromatic nitrogens is 2. The summed E-state index contributed by atoms with van der Waals surface area (Å²) in [4.78, 5) is 20.6. The molecule has 0 saturated carbocycles. The Morgan fingerprint density at radius 1 is 1.60 bits per heavy atom. The number of nitrogens with two attached hydrogens (primary N) is 1. The highest BCUT2D eigenvalue weighted by atomic mass is 16.5. The zero-order chi connectivity index (χ0) is 14.3. The Morgan fingerprint density at radius 2 is 2.40 bits per heavy atom. The zero-order valence-electron chi connectivity index (χ0n) is 11.8. The second-order valence-corrected chi connectivity index (χ2v) is 5.96. The maximum absolute atomic E-state index is 12.4. The maximum Gasteiger partial charge on any atom is 0.228 e. The van der Waals surface area contributed by atoms with Gasteiger partial charge in [-0.3, -0.25) is 4.79 Å². The van der Waals surface area contributed by atoms with Crippen molar-refractivity contribution in [2.75, 3.05) is 5.73 Å². The van der Waals surface area contributed by atoms with Crippen LogP contribution >= 0.6 is 0 Å². The normalized spacial score (nSPS) is 31.5. The van der Waals surface area contributed by atoms with Gasteiger partial charge in [-0.25, -0.2) is 9.97 Å². The van der Waals surface area contributed by atoms with Crippen molar-refractivity contribution in [3.63, 3.8) is 0 Å². The monoisotopic (exact) mass is 276 g/mol. The standard InChI is InChI=1S/C14H20N4O2/c1-8-16-6-9(12(15)18-8)7-17-13(19)14(2)5-10-3-4-11(14)20-10/h6,10-11H,3-5,7H2,1-2H3,(H,17,19)(H2,15,16,18). The second kappa shape index (κ2) is 4.70. The van der Waals surface area contributed by atoms with Crippen molar-refractivity contribution in [3.05, 3.63) is 17.6 Å². The first-order valence-electron chi connectivity index (χ1n) is 7.01. The molecular weight excluding hydrogens is 256 g/mol. The van der Waals surface area contributed by atoms with Gasteiger partial charge in [0.1, 0.15) is 11.6 Å². The van der Waals surface area contributed by atoms with Crippen molar-refractivity contribution in [3.8, 4) is 0 Å². The first kappa shape index (κ1) is 13.3. The molecule has 2 aliphatic rings. The Labute approximate surface area is 118 Å². The van der Waals surface area contributed by atoms with Crippen LogP contribution in [0, 0.1) is 12.3 Å². The highest BCUT2D eigenvalue weighted by molar-refractivity contribution is 5.83. The van der Waals surface area contributed by atoms with Crippen LogP contribution in [-0.2, 0) is 16.1 Å². The first-order valence-corrected chi connectivity index (χ1v) is 7.01. The Kier molecular flexibility index (Phi) is 3.12. The van der Waals surface area contributed by atoms with Gasteiger partial charge in [0.15, 0.2) is 0 Å². The fourth-order valence-electron chi connectivity index (χ4n) is 3.19. The molecule has 1 aromatic heterocycles. The van der Waals surface area contributed by atoms with E-state index in [0.717, 1.165) is 24.8 Å². The van der Waals surface area contributed by atoms with Crippen LogP contribution in [0.15, 0.2) is 6.20 Å². The molecule has 1 aromatic rings. The first-order chi connectivity index (χ1) is 9.49. The van der Waals surface area contributed by atoms with Crippen LogP contribution in [0.5, 0.6) is 0 Å². The molecule has 6 heteroatoms. The van der Waals surface area contributed by atoms with Crippen LogP contribution in [0.1, 0.15) is 37.6 Å². The van der Waals surface area contributed by atoms with Crippen molar-refractivity contribution in [1.82, 2.24) is 15.3 Å². The number of nitrogens with one attached hydrogen (secondary N) is 1. The van der Waals surface area contributed by atoms with Gasteiger partial charge in [0.05, 0.1) is 17.6 Å². The molecule has 108 valence electrons. The predicted octanol–water partition coefficient (Wildman–Crippen LogP) is 0.941. The Morgan fingerprint density at radius 3 is 3.00 bits per heavy atom.